The maximum absolute atomic E-state index is 9.47. The van der Waals surface area contributed by atoms with Crippen LogP contribution in [-0.4, -0.2) is 27.5 Å². The van der Waals surface area contributed by atoms with Crippen LogP contribution in [0, 0.1) is 0 Å². The summed E-state index contributed by atoms with van der Waals surface area (Å²) in [5.41, 5.74) is 2.23. The highest BCUT2D eigenvalue weighted by molar-refractivity contribution is 5.16. The van der Waals surface area contributed by atoms with Crippen molar-refractivity contribution in [1.82, 2.24) is 15.1 Å². The summed E-state index contributed by atoms with van der Waals surface area (Å²) in [4.78, 5) is 0. The number of nitrogens with zero attached hydrogens (tertiary/aromatic N) is 2. The zero-order chi connectivity index (χ0) is 14.4. The van der Waals surface area contributed by atoms with Crippen LogP contribution in [0.25, 0.3) is 0 Å². The summed E-state index contributed by atoms with van der Waals surface area (Å²) in [5, 5.41) is 17.3. The van der Waals surface area contributed by atoms with Crippen LogP contribution in [0.4, 0.5) is 0 Å². The zero-order valence-corrected chi connectivity index (χ0v) is 12.2. The minimum Gasteiger partial charge on any atom is -0.395 e. The first kappa shape index (κ1) is 14.8. The molecule has 0 aliphatic carbocycles. The molecule has 0 radical (unpaired) electrons. The lowest BCUT2D eigenvalue weighted by Crippen LogP contribution is -2.34. The predicted octanol–water partition coefficient (Wildman–Crippen LogP) is 2.16. The molecule has 1 heterocycles. The summed E-state index contributed by atoms with van der Waals surface area (Å²) in [7, 11) is 0. The van der Waals surface area contributed by atoms with Crippen LogP contribution in [-0.2, 0) is 13.0 Å². The van der Waals surface area contributed by atoms with Gasteiger partial charge in [-0.2, -0.15) is 5.10 Å². The summed E-state index contributed by atoms with van der Waals surface area (Å²) in [6, 6.07) is 12.7. The predicted molar refractivity (Wildman–Crippen MR) is 80.5 cm³/mol. The van der Waals surface area contributed by atoms with Crippen molar-refractivity contribution in [3.63, 3.8) is 0 Å². The third-order valence-corrected chi connectivity index (χ3v) is 3.31. The molecule has 0 amide bonds. The highest BCUT2D eigenvalue weighted by Gasteiger charge is 2.09. The Hall–Kier alpha value is -1.65. The van der Waals surface area contributed by atoms with Gasteiger partial charge in [-0.1, -0.05) is 30.3 Å². The van der Waals surface area contributed by atoms with Gasteiger partial charge >= 0.3 is 0 Å². The highest BCUT2D eigenvalue weighted by Crippen LogP contribution is 2.06. The molecule has 2 rings (SSSR count). The quantitative estimate of drug-likeness (QED) is 0.813. The van der Waals surface area contributed by atoms with Gasteiger partial charge in [0.05, 0.1) is 12.3 Å². The van der Waals surface area contributed by atoms with Crippen molar-refractivity contribution in [3.8, 4) is 0 Å². The number of rotatable bonds is 7. The normalized spacial score (nSPS) is 12.8. The second-order valence-corrected chi connectivity index (χ2v) is 5.33. The second-order valence-electron chi connectivity index (χ2n) is 5.33. The third-order valence-electron chi connectivity index (χ3n) is 3.31. The van der Waals surface area contributed by atoms with E-state index in [1.807, 2.05) is 35.1 Å². The molecule has 108 valence electrons. The van der Waals surface area contributed by atoms with Crippen molar-refractivity contribution >= 4 is 0 Å². The Labute approximate surface area is 120 Å². The van der Waals surface area contributed by atoms with Gasteiger partial charge in [0.2, 0.25) is 0 Å². The SMILES string of the molecule is CC(C)n1ccc(CNC(CO)Cc2ccccc2)n1. The first-order chi connectivity index (χ1) is 9.69. The Kier molecular flexibility index (Phi) is 5.32. The van der Waals surface area contributed by atoms with E-state index in [4.69, 9.17) is 0 Å². The van der Waals surface area contributed by atoms with E-state index in [0.717, 1.165) is 12.1 Å². The van der Waals surface area contributed by atoms with Gasteiger partial charge in [-0.25, -0.2) is 0 Å². The van der Waals surface area contributed by atoms with Gasteiger partial charge in [-0.15, -0.1) is 0 Å². The summed E-state index contributed by atoms with van der Waals surface area (Å²) < 4.78 is 1.95. The van der Waals surface area contributed by atoms with Crippen molar-refractivity contribution in [1.29, 1.82) is 0 Å². The van der Waals surface area contributed by atoms with Crippen molar-refractivity contribution < 1.29 is 5.11 Å². The number of hydrogen-bond acceptors (Lipinski definition) is 3. The first-order valence-corrected chi connectivity index (χ1v) is 7.11. The van der Waals surface area contributed by atoms with E-state index in [-0.39, 0.29) is 12.6 Å². The van der Waals surface area contributed by atoms with Crippen molar-refractivity contribution in [2.24, 2.45) is 0 Å². The topological polar surface area (TPSA) is 50.1 Å². The summed E-state index contributed by atoms with van der Waals surface area (Å²) in [6.45, 7) is 5.02. The van der Waals surface area contributed by atoms with Crippen LogP contribution in [0.15, 0.2) is 42.6 Å². The van der Waals surface area contributed by atoms with E-state index in [0.29, 0.717) is 12.6 Å². The van der Waals surface area contributed by atoms with E-state index in [2.05, 4.69) is 36.4 Å². The lowest BCUT2D eigenvalue weighted by molar-refractivity contribution is 0.240. The summed E-state index contributed by atoms with van der Waals surface area (Å²) >= 11 is 0. The molecule has 1 unspecified atom stereocenters. The Morgan fingerprint density at radius 2 is 1.95 bits per heavy atom. The first-order valence-electron chi connectivity index (χ1n) is 7.11. The fourth-order valence-electron chi connectivity index (χ4n) is 2.11. The lowest BCUT2D eigenvalue weighted by atomic mass is 10.1. The van der Waals surface area contributed by atoms with Crippen LogP contribution < -0.4 is 5.32 Å². The minimum absolute atomic E-state index is 0.0570. The van der Waals surface area contributed by atoms with E-state index >= 15 is 0 Å². The molecule has 1 aromatic heterocycles. The summed E-state index contributed by atoms with van der Waals surface area (Å²) in [5.74, 6) is 0. The Morgan fingerprint density at radius 1 is 1.20 bits per heavy atom. The molecule has 0 bridgehead atoms. The van der Waals surface area contributed by atoms with Crippen LogP contribution >= 0.6 is 0 Å². The number of benzene rings is 1. The van der Waals surface area contributed by atoms with Gasteiger partial charge in [0.15, 0.2) is 0 Å². The maximum atomic E-state index is 9.47. The van der Waals surface area contributed by atoms with E-state index < -0.39 is 0 Å². The molecule has 0 aliphatic rings. The average molecular weight is 273 g/mol. The molecule has 4 heteroatoms. The van der Waals surface area contributed by atoms with Crippen LogP contribution in [0.3, 0.4) is 0 Å². The fraction of sp³-hybridized carbons (Fsp3) is 0.438. The summed E-state index contributed by atoms with van der Waals surface area (Å²) in [6.07, 6.45) is 2.81. The number of nitrogens with one attached hydrogen (secondary N) is 1. The van der Waals surface area contributed by atoms with Crippen molar-refractivity contribution in [2.75, 3.05) is 6.61 Å². The van der Waals surface area contributed by atoms with Gasteiger partial charge in [0.25, 0.3) is 0 Å². The van der Waals surface area contributed by atoms with E-state index in [9.17, 15) is 5.11 Å². The minimum atomic E-state index is 0.0570. The van der Waals surface area contributed by atoms with Gasteiger partial charge < -0.3 is 10.4 Å². The van der Waals surface area contributed by atoms with Gasteiger partial charge in [-0.05, 0) is 31.9 Å². The van der Waals surface area contributed by atoms with Crippen molar-refractivity contribution in [3.05, 3.63) is 53.9 Å². The van der Waals surface area contributed by atoms with Gasteiger partial charge in [0.1, 0.15) is 0 Å². The molecule has 0 saturated carbocycles. The van der Waals surface area contributed by atoms with E-state index in [1.165, 1.54) is 5.56 Å². The number of aliphatic hydroxyl groups excluding tert-OH is 1. The fourth-order valence-corrected chi connectivity index (χ4v) is 2.11. The molecule has 2 aromatic rings. The molecular weight excluding hydrogens is 250 g/mol. The Bertz CT molecular complexity index is 507. The molecule has 0 fully saturated rings. The van der Waals surface area contributed by atoms with Gasteiger partial charge in [-0.3, -0.25) is 4.68 Å². The second kappa shape index (κ2) is 7.22. The molecule has 1 atom stereocenters. The maximum Gasteiger partial charge on any atom is 0.0762 e. The van der Waals surface area contributed by atoms with Gasteiger partial charge in [0, 0.05) is 24.8 Å². The van der Waals surface area contributed by atoms with Crippen LogP contribution in [0.2, 0.25) is 0 Å². The lowest BCUT2D eigenvalue weighted by Gasteiger charge is -2.15. The average Bonchev–Trinajstić information content (AvgIpc) is 2.93. The largest absolute Gasteiger partial charge is 0.395 e. The molecule has 1 aromatic carbocycles. The van der Waals surface area contributed by atoms with Crippen LogP contribution in [0.5, 0.6) is 0 Å². The molecular formula is C16H23N3O. The van der Waals surface area contributed by atoms with Crippen LogP contribution in [0.1, 0.15) is 31.1 Å². The molecule has 0 spiro atoms. The standard InChI is InChI=1S/C16H23N3O/c1-13(2)19-9-8-15(18-19)11-17-16(12-20)10-14-6-4-3-5-7-14/h3-9,13,16-17,20H,10-12H2,1-2H3. The van der Waals surface area contributed by atoms with E-state index in [1.54, 1.807) is 0 Å². The molecule has 2 N–H and O–H groups in total. The molecule has 20 heavy (non-hydrogen) atoms. The number of aliphatic hydroxyl groups is 1. The zero-order valence-electron chi connectivity index (χ0n) is 12.2. The molecule has 0 saturated heterocycles. The number of hydrogen-bond donors (Lipinski definition) is 2. The molecule has 0 aliphatic heterocycles. The number of aromatic nitrogens is 2. The highest BCUT2D eigenvalue weighted by atomic mass is 16.3. The Balaban J connectivity index is 1.87. The molecule has 4 nitrogen and oxygen atoms in total. The van der Waals surface area contributed by atoms with Crippen molar-refractivity contribution in [2.45, 2.75) is 38.9 Å². The Morgan fingerprint density at radius 3 is 2.55 bits per heavy atom. The smallest absolute Gasteiger partial charge is 0.0762 e. The third kappa shape index (κ3) is 4.18. The monoisotopic (exact) mass is 273 g/mol.